The zero-order valence-corrected chi connectivity index (χ0v) is 6.04. The molecule has 0 bridgehead atoms. The largest absolute Gasteiger partial charge is 0.0937 e. The average Bonchev–Trinajstić information content (AvgIpc) is 1.85. The summed E-state index contributed by atoms with van der Waals surface area (Å²) in [6, 6.07) is 0. The van der Waals surface area contributed by atoms with Gasteiger partial charge in [0, 0.05) is 11.5 Å². The van der Waals surface area contributed by atoms with Gasteiger partial charge in [-0.25, -0.2) is 0 Å². The highest BCUT2D eigenvalue weighted by Gasteiger charge is 1.95. The van der Waals surface area contributed by atoms with Gasteiger partial charge in [-0.05, 0) is 11.4 Å². The van der Waals surface area contributed by atoms with Gasteiger partial charge in [-0.15, -0.1) is 0 Å². The summed E-state index contributed by atoms with van der Waals surface area (Å²) in [6.07, 6.45) is 2.32. The van der Waals surface area contributed by atoms with Crippen LogP contribution in [0.5, 0.6) is 0 Å². The zero-order chi connectivity index (χ0) is 7.11. The average molecular weight is 127 g/mol. The van der Waals surface area contributed by atoms with E-state index in [1.165, 1.54) is 6.42 Å². The topological polar surface area (TPSA) is 48.8 Å². The fourth-order valence-electron chi connectivity index (χ4n) is 0.760. The summed E-state index contributed by atoms with van der Waals surface area (Å²) in [5, 5.41) is 3.47. The fraction of sp³-hybridized carbons (Fsp3) is 1.00. The van der Waals surface area contributed by atoms with Crippen LogP contribution in [0.25, 0.3) is 10.4 Å². The SMILES string of the molecule is CCC[C@@H](C)CN=[N+]=[N-]. The molecule has 0 radical (unpaired) electrons. The van der Waals surface area contributed by atoms with Crippen LogP contribution in [0, 0.1) is 5.92 Å². The number of hydrogen-bond donors (Lipinski definition) is 0. The zero-order valence-electron chi connectivity index (χ0n) is 6.04. The van der Waals surface area contributed by atoms with Crippen molar-refractivity contribution in [3.05, 3.63) is 10.4 Å². The molecule has 0 saturated heterocycles. The van der Waals surface area contributed by atoms with Crippen LogP contribution in [0.2, 0.25) is 0 Å². The van der Waals surface area contributed by atoms with Crippen molar-refractivity contribution in [2.24, 2.45) is 11.0 Å². The molecule has 3 nitrogen and oxygen atoms in total. The highest BCUT2D eigenvalue weighted by atomic mass is 15.1. The van der Waals surface area contributed by atoms with Crippen molar-refractivity contribution < 1.29 is 0 Å². The molecule has 0 aliphatic rings. The smallest absolute Gasteiger partial charge is 0.0283 e. The summed E-state index contributed by atoms with van der Waals surface area (Å²) >= 11 is 0. The maximum Gasteiger partial charge on any atom is 0.0283 e. The molecule has 3 heteroatoms. The lowest BCUT2D eigenvalue weighted by molar-refractivity contribution is 0.535. The van der Waals surface area contributed by atoms with E-state index in [9.17, 15) is 0 Å². The van der Waals surface area contributed by atoms with Crippen molar-refractivity contribution in [2.75, 3.05) is 6.54 Å². The minimum absolute atomic E-state index is 0.547. The molecule has 0 saturated carbocycles. The maximum absolute atomic E-state index is 7.94. The molecular formula is C6H13N3. The van der Waals surface area contributed by atoms with Crippen molar-refractivity contribution in [3.63, 3.8) is 0 Å². The molecule has 0 N–H and O–H groups in total. The van der Waals surface area contributed by atoms with Gasteiger partial charge in [0.1, 0.15) is 0 Å². The van der Waals surface area contributed by atoms with Crippen molar-refractivity contribution in [1.29, 1.82) is 0 Å². The Morgan fingerprint density at radius 3 is 2.78 bits per heavy atom. The van der Waals surface area contributed by atoms with Crippen LogP contribution in [0.15, 0.2) is 5.11 Å². The number of rotatable bonds is 4. The van der Waals surface area contributed by atoms with Gasteiger partial charge < -0.3 is 0 Å². The van der Waals surface area contributed by atoms with Crippen molar-refractivity contribution in [1.82, 2.24) is 0 Å². The Labute approximate surface area is 55.7 Å². The van der Waals surface area contributed by atoms with Crippen LogP contribution in [0.1, 0.15) is 26.7 Å². The molecule has 0 aliphatic heterocycles. The van der Waals surface area contributed by atoms with Crippen LogP contribution in [0.4, 0.5) is 0 Å². The first-order chi connectivity index (χ1) is 4.31. The molecule has 0 aliphatic carbocycles. The minimum atomic E-state index is 0.547. The fourth-order valence-corrected chi connectivity index (χ4v) is 0.760. The molecular weight excluding hydrogens is 114 g/mol. The van der Waals surface area contributed by atoms with Gasteiger partial charge in [-0.1, -0.05) is 31.8 Å². The first-order valence-electron chi connectivity index (χ1n) is 3.32. The Balaban J connectivity index is 3.25. The standard InChI is InChI=1S/C6H13N3/c1-3-4-6(2)5-8-9-7/h6H,3-5H2,1-2H3/t6-/m1/s1. The molecule has 0 rings (SSSR count). The third kappa shape index (κ3) is 5.18. The number of nitrogens with zero attached hydrogens (tertiary/aromatic N) is 3. The van der Waals surface area contributed by atoms with Crippen LogP contribution in [-0.4, -0.2) is 6.54 Å². The summed E-state index contributed by atoms with van der Waals surface area (Å²) in [4.78, 5) is 2.68. The van der Waals surface area contributed by atoms with Crippen molar-refractivity contribution in [3.8, 4) is 0 Å². The minimum Gasteiger partial charge on any atom is -0.0937 e. The van der Waals surface area contributed by atoms with E-state index >= 15 is 0 Å². The van der Waals surface area contributed by atoms with Gasteiger partial charge in [0.25, 0.3) is 0 Å². The van der Waals surface area contributed by atoms with E-state index in [2.05, 4.69) is 23.9 Å². The van der Waals surface area contributed by atoms with Crippen molar-refractivity contribution in [2.45, 2.75) is 26.7 Å². The normalized spacial score (nSPS) is 12.2. The molecule has 52 valence electrons. The summed E-state index contributed by atoms with van der Waals surface area (Å²) in [5.41, 5.74) is 7.94. The second kappa shape index (κ2) is 5.45. The highest BCUT2D eigenvalue weighted by molar-refractivity contribution is 4.55. The van der Waals surface area contributed by atoms with E-state index in [-0.39, 0.29) is 0 Å². The molecule has 1 atom stereocenters. The third-order valence-corrected chi connectivity index (χ3v) is 1.24. The predicted molar refractivity (Wildman–Crippen MR) is 38.1 cm³/mol. The van der Waals surface area contributed by atoms with Gasteiger partial charge in [0.15, 0.2) is 0 Å². The highest BCUT2D eigenvalue weighted by Crippen LogP contribution is 2.04. The van der Waals surface area contributed by atoms with Gasteiger partial charge >= 0.3 is 0 Å². The third-order valence-electron chi connectivity index (χ3n) is 1.24. The Hall–Kier alpha value is -0.690. The van der Waals surface area contributed by atoms with E-state index < -0.39 is 0 Å². The second-order valence-electron chi connectivity index (χ2n) is 2.31. The molecule has 0 aromatic heterocycles. The second-order valence-corrected chi connectivity index (χ2v) is 2.31. The van der Waals surface area contributed by atoms with Gasteiger partial charge in [0.05, 0.1) is 0 Å². The number of hydrogen-bond acceptors (Lipinski definition) is 1. The first kappa shape index (κ1) is 8.31. The Bertz CT molecular complexity index is 105. The van der Waals surface area contributed by atoms with Crippen LogP contribution in [0.3, 0.4) is 0 Å². The predicted octanol–water partition coefficient (Wildman–Crippen LogP) is 2.73. The summed E-state index contributed by atoms with van der Waals surface area (Å²) < 4.78 is 0. The molecule has 0 amide bonds. The van der Waals surface area contributed by atoms with Crippen LogP contribution < -0.4 is 0 Å². The molecule has 0 fully saturated rings. The van der Waals surface area contributed by atoms with E-state index in [4.69, 9.17) is 5.53 Å². The van der Waals surface area contributed by atoms with E-state index in [0.29, 0.717) is 12.5 Å². The molecule has 0 spiro atoms. The maximum atomic E-state index is 7.94. The Morgan fingerprint density at radius 1 is 1.67 bits per heavy atom. The number of azide groups is 1. The lowest BCUT2D eigenvalue weighted by atomic mass is 10.1. The quantitative estimate of drug-likeness (QED) is 0.317. The van der Waals surface area contributed by atoms with Gasteiger partial charge in [-0.3, -0.25) is 0 Å². The molecule has 9 heavy (non-hydrogen) atoms. The van der Waals surface area contributed by atoms with Gasteiger partial charge in [-0.2, -0.15) is 0 Å². The summed E-state index contributed by atoms with van der Waals surface area (Å²) in [6.45, 7) is 4.87. The van der Waals surface area contributed by atoms with Crippen molar-refractivity contribution >= 4 is 0 Å². The van der Waals surface area contributed by atoms with E-state index in [1.807, 2.05) is 0 Å². The summed E-state index contributed by atoms with van der Waals surface area (Å²) in [7, 11) is 0. The van der Waals surface area contributed by atoms with Gasteiger partial charge in [0.2, 0.25) is 0 Å². The lowest BCUT2D eigenvalue weighted by Gasteiger charge is -2.02. The first-order valence-corrected chi connectivity index (χ1v) is 3.32. The Morgan fingerprint density at radius 2 is 2.33 bits per heavy atom. The molecule has 0 unspecified atom stereocenters. The molecule has 0 aromatic carbocycles. The Kier molecular flexibility index (Phi) is 5.03. The van der Waals surface area contributed by atoms with Crippen LogP contribution >= 0.6 is 0 Å². The molecule has 0 heterocycles. The monoisotopic (exact) mass is 127 g/mol. The van der Waals surface area contributed by atoms with E-state index in [1.54, 1.807) is 0 Å². The molecule has 0 aromatic rings. The lowest BCUT2D eigenvalue weighted by Crippen LogP contribution is -1.96. The summed E-state index contributed by atoms with van der Waals surface area (Å²) in [5.74, 6) is 0.547. The van der Waals surface area contributed by atoms with Crippen LogP contribution in [-0.2, 0) is 0 Å². The van der Waals surface area contributed by atoms with E-state index in [0.717, 1.165) is 6.42 Å².